The average Bonchev–Trinajstić information content (AvgIpc) is 2.22. The third-order valence-corrected chi connectivity index (χ3v) is 3.39. The summed E-state index contributed by atoms with van der Waals surface area (Å²) in [4.78, 5) is 2.50. The molecule has 1 saturated heterocycles. The lowest BCUT2D eigenvalue weighted by Crippen LogP contribution is -2.48. The molecule has 1 aromatic rings. The number of benzene rings is 1. The van der Waals surface area contributed by atoms with Crippen LogP contribution in [0.2, 0.25) is 5.02 Å². The van der Waals surface area contributed by atoms with Crippen LogP contribution in [0.5, 0.6) is 0 Å². The number of hydrogen-bond donors (Lipinski definition) is 1. The van der Waals surface area contributed by atoms with Gasteiger partial charge in [-0.3, -0.25) is 4.90 Å². The van der Waals surface area contributed by atoms with Gasteiger partial charge in [0.05, 0.1) is 0 Å². The molecular formula is C13H19ClN2. The van der Waals surface area contributed by atoms with Crippen molar-refractivity contribution in [2.75, 3.05) is 19.6 Å². The fourth-order valence-electron chi connectivity index (χ4n) is 2.23. The maximum Gasteiger partial charge on any atom is 0.0408 e. The molecule has 1 aliphatic heterocycles. The summed E-state index contributed by atoms with van der Waals surface area (Å²) < 4.78 is 0. The zero-order valence-electron chi connectivity index (χ0n) is 9.96. The first kappa shape index (κ1) is 11.9. The first-order valence-corrected chi connectivity index (χ1v) is 6.24. The zero-order chi connectivity index (χ0) is 11.5. The van der Waals surface area contributed by atoms with Crippen LogP contribution in [0.3, 0.4) is 0 Å². The predicted octanol–water partition coefficient (Wildman–Crippen LogP) is 2.44. The molecule has 0 bridgehead atoms. The Bertz CT molecular complexity index is 365. The van der Waals surface area contributed by atoms with Gasteiger partial charge in [-0.25, -0.2) is 0 Å². The van der Waals surface area contributed by atoms with Crippen molar-refractivity contribution < 1.29 is 0 Å². The van der Waals surface area contributed by atoms with E-state index in [1.807, 2.05) is 12.1 Å². The fraction of sp³-hybridized carbons (Fsp3) is 0.538. The van der Waals surface area contributed by atoms with E-state index >= 15 is 0 Å². The molecule has 0 spiro atoms. The van der Waals surface area contributed by atoms with Crippen LogP contribution in [-0.4, -0.2) is 30.6 Å². The minimum Gasteiger partial charge on any atom is -0.312 e. The van der Waals surface area contributed by atoms with Crippen molar-refractivity contribution >= 4 is 11.6 Å². The molecule has 1 aliphatic rings. The number of hydrogen-bond acceptors (Lipinski definition) is 2. The Hall–Kier alpha value is -0.570. The van der Waals surface area contributed by atoms with Crippen molar-refractivity contribution in [1.29, 1.82) is 0 Å². The number of piperazine rings is 1. The molecule has 0 aromatic heterocycles. The molecule has 16 heavy (non-hydrogen) atoms. The Kier molecular flexibility index (Phi) is 3.85. The predicted molar refractivity (Wildman–Crippen MR) is 68.9 cm³/mol. The van der Waals surface area contributed by atoms with Gasteiger partial charge in [-0.15, -0.1) is 0 Å². The number of nitrogens with one attached hydrogen (secondary N) is 1. The normalized spacial score (nSPS) is 22.3. The number of aryl methyl sites for hydroxylation is 1. The molecule has 0 radical (unpaired) electrons. The topological polar surface area (TPSA) is 15.3 Å². The second kappa shape index (κ2) is 5.17. The summed E-state index contributed by atoms with van der Waals surface area (Å²) in [6.45, 7) is 8.75. The Labute approximate surface area is 103 Å². The highest BCUT2D eigenvalue weighted by molar-refractivity contribution is 6.30. The summed E-state index contributed by atoms with van der Waals surface area (Å²) in [5, 5.41) is 4.29. The molecule has 3 heteroatoms. The molecule has 1 heterocycles. The van der Waals surface area contributed by atoms with E-state index < -0.39 is 0 Å². The number of halogens is 1. The lowest BCUT2D eigenvalue weighted by atomic mass is 10.1. The molecule has 88 valence electrons. The lowest BCUT2D eigenvalue weighted by Gasteiger charge is -2.32. The summed E-state index contributed by atoms with van der Waals surface area (Å²) >= 11 is 5.96. The van der Waals surface area contributed by atoms with Crippen LogP contribution in [0.4, 0.5) is 0 Å². The molecule has 1 fully saturated rings. The standard InChI is InChI=1S/C13H19ClN2/c1-10-7-13(14)4-3-12(10)9-16-6-5-15-11(2)8-16/h3-4,7,11,15H,5-6,8-9H2,1-2H3/t11-/m1/s1. The third kappa shape index (κ3) is 2.97. The summed E-state index contributed by atoms with van der Waals surface area (Å²) in [5.74, 6) is 0. The van der Waals surface area contributed by atoms with E-state index in [0.29, 0.717) is 6.04 Å². The van der Waals surface area contributed by atoms with Crippen LogP contribution < -0.4 is 5.32 Å². The monoisotopic (exact) mass is 238 g/mol. The van der Waals surface area contributed by atoms with Gasteiger partial charge >= 0.3 is 0 Å². The van der Waals surface area contributed by atoms with Gasteiger partial charge in [-0.2, -0.15) is 0 Å². The SMILES string of the molecule is Cc1cc(Cl)ccc1CN1CCN[C@H](C)C1. The molecule has 1 aromatic carbocycles. The number of rotatable bonds is 2. The maximum absolute atomic E-state index is 5.96. The molecule has 0 aliphatic carbocycles. The van der Waals surface area contributed by atoms with E-state index in [9.17, 15) is 0 Å². The van der Waals surface area contributed by atoms with Gasteiger partial charge in [0.25, 0.3) is 0 Å². The van der Waals surface area contributed by atoms with E-state index in [4.69, 9.17) is 11.6 Å². The van der Waals surface area contributed by atoms with Crippen molar-refractivity contribution in [3.8, 4) is 0 Å². The van der Waals surface area contributed by atoms with E-state index in [1.54, 1.807) is 0 Å². The average molecular weight is 239 g/mol. The minimum absolute atomic E-state index is 0.598. The van der Waals surface area contributed by atoms with Gasteiger partial charge in [-0.1, -0.05) is 17.7 Å². The highest BCUT2D eigenvalue weighted by Gasteiger charge is 2.15. The highest BCUT2D eigenvalue weighted by atomic mass is 35.5. The van der Waals surface area contributed by atoms with Gasteiger partial charge in [0.2, 0.25) is 0 Å². The summed E-state index contributed by atoms with van der Waals surface area (Å²) in [6, 6.07) is 6.77. The quantitative estimate of drug-likeness (QED) is 0.852. The van der Waals surface area contributed by atoms with Gasteiger partial charge in [0.15, 0.2) is 0 Å². The Morgan fingerprint density at radius 2 is 2.31 bits per heavy atom. The second-order valence-corrected chi connectivity index (χ2v) is 5.10. The molecule has 1 atom stereocenters. The third-order valence-electron chi connectivity index (χ3n) is 3.15. The first-order chi connectivity index (χ1) is 7.65. The van der Waals surface area contributed by atoms with Gasteiger partial charge in [0.1, 0.15) is 0 Å². The highest BCUT2D eigenvalue weighted by Crippen LogP contribution is 2.17. The van der Waals surface area contributed by atoms with E-state index in [-0.39, 0.29) is 0 Å². The van der Waals surface area contributed by atoms with Crippen LogP contribution >= 0.6 is 11.6 Å². The molecule has 2 rings (SSSR count). The van der Waals surface area contributed by atoms with Crippen molar-refractivity contribution in [3.05, 3.63) is 34.3 Å². The van der Waals surface area contributed by atoms with Crippen molar-refractivity contribution in [3.63, 3.8) is 0 Å². The van der Waals surface area contributed by atoms with Crippen molar-refractivity contribution in [1.82, 2.24) is 10.2 Å². The zero-order valence-corrected chi connectivity index (χ0v) is 10.7. The molecule has 0 saturated carbocycles. The Balaban J connectivity index is 2.02. The van der Waals surface area contributed by atoms with Crippen LogP contribution in [-0.2, 0) is 6.54 Å². The van der Waals surface area contributed by atoms with E-state index in [1.165, 1.54) is 11.1 Å². The summed E-state index contributed by atoms with van der Waals surface area (Å²) in [6.07, 6.45) is 0. The van der Waals surface area contributed by atoms with Crippen LogP contribution in [0.25, 0.3) is 0 Å². The number of nitrogens with zero attached hydrogens (tertiary/aromatic N) is 1. The summed E-state index contributed by atoms with van der Waals surface area (Å²) in [5.41, 5.74) is 2.68. The molecule has 0 unspecified atom stereocenters. The van der Waals surface area contributed by atoms with Crippen LogP contribution in [0.15, 0.2) is 18.2 Å². The molecule has 0 amide bonds. The van der Waals surface area contributed by atoms with Gasteiger partial charge in [-0.05, 0) is 37.1 Å². The molecule has 1 N–H and O–H groups in total. The summed E-state index contributed by atoms with van der Waals surface area (Å²) in [7, 11) is 0. The van der Waals surface area contributed by atoms with Crippen molar-refractivity contribution in [2.45, 2.75) is 26.4 Å². The smallest absolute Gasteiger partial charge is 0.0408 e. The van der Waals surface area contributed by atoms with E-state index in [0.717, 1.165) is 31.2 Å². The van der Waals surface area contributed by atoms with E-state index in [2.05, 4.69) is 30.1 Å². The fourth-order valence-corrected chi connectivity index (χ4v) is 2.46. The van der Waals surface area contributed by atoms with Crippen molar-refractivity contribution in [2.24, 2.45) is 0 Å². The first-order valence-electron chi connectivity index (χ1n) is 5.86. The van der Waals surface area contributed by atoms with Gasteiger partial charge < -0.3 is 5.32 Å². The van der Waals surface area contributed by atoms with Crippen LogP contribution in [0.1, 0.15) is 18.1 Å². The van der Waals surface area contributed by atoms with Gasteiger partial charge in [0, 0.05) is 37.2 Å². The second-order valence-electron chi connectivity index (χ2n) is 4.66. The minimum atomic E-state index is 0.598. The molecular weight excluding hydrogens is 220 g/mol. The lowest BCUT2D eigenvalue weighted by molar-refractivity contribution is 0.199. The molecule has 2 nitrogen and oxygen atoms in total. The maximum atomic E-state index is 5.96. The largest absolute Gasteiger partial charge is 0.312 e. The Morgan fingerprint density at radius 1 is 1.50 bits per heavy atom. The Morgan fingerprint density at radius 3 is 3.00 bits per heavy atom. The van der Waals surface area contributed by atoms with Crippen LogP contribution in [0, 0.1) is 6.92 Å².